The molecule has 0 aliphatic carbocycles. The third-order valence-corrected chi connectivity index (χ3v) is 5.87. The van der Waals surface area contributed by atoms with Gasteiger partial charge in [-0.25, -0.2) is 4.79 Å². The van der Waals surface area contributed by atoms with Crippen LogP contribution in [0.2, 0.25) is 0 Å². The van der Waals surface area contributed by atoms with E-state index in [9.17, 15) is 4.79 Å². The molecule has 5 nitrogen and oxygen atoms in total. The van der Waals surface area contributed by atoms with Crippen LogP contribution in [0.15, 0.2) is 72.8 Å². The predicted molar refractivity (Wildman–Crippen MR) is 135 cm³/mol. The minimum Gasteiger partial charge on any atom is -0.493 e. The number of hydrogen-bond donors (Lipinski definition) is 1. The number of nitrogens with one attached hydrogen (secondary N) is 1. The smallest absolute Gasteiger partial charge is 0.355 e. The summed E-state index contributed by atoms with van der Waals surface area (Å²) in [6, 6.07) is 23.7. The van der Waals surface area contributed by atoms with Crippen LogP contribution in [-0.2, 0) is 11.3 Å². The number of H-pyrrole nitrogens is 1. The van der Waals surface area contributed by atoms with Gasteiger partial charge in [-0.05, 0) is 54.3 Å². The molecule has 0 aliphatic heterocycles. The van der Waals surface area contributed by atoms with Gasteiger partial charge in [-0.15, -0.1) is 0 Å². The van der Waals surface area contributed by atoms with E-state index < -0.39 is 0 Å². The summed E-state index contributed by atoms with van der Waals surface area (Å²) in [5.74, 6) is 1.67. The molecule has 1 N–H and O–H groups in total. The summed E-state index contributed by atoms with van der Waals surface area (Å²) in [6.45, 7) is 7.59. The van der Waals surface area contributed by atoms with Crippen LogP contribution in [0.3, 0.4) is 0 Å². The van der Waals surface area contributed by atoms with Crippen LogP contribution in [0.5, 0.6) is 11.5 Å². The molecule has 0 amide bonds. The van der Waals surface area contributed by atoms with E-state index in [0.29, 0.717) is 31.4 Å². The zero-order valence-corrected chi connectivity index (χ0v) is 20.0. The number of esters is 1. The van der Waals surface area contributed by atoms with Crippen molar-refractivity contribution in [2.45, 2.75) is 33.8 Å². The summed E-state index contributed by atoms with van der Waals surface area (Å²) in [5.41, 5.74) is 4.09. The molecule has 34 heavy (non-hydrogen) atoms. The molecule has 0 bridgehead atoms. The molecule has 4 aromatic rings. The Morgan fingerprint density at radius 1 is 0.912 bits per heavy atom. The summed E-state index contributed by atoms with van der Waals surface area (Å²) in [6.07, 6.45) is 1.07. The van der Waals surface area contributed by atoms with Gasteiger partial charge in [0.15, 0.2) is 0 Å². The summed E-state index contributed by atoms with van der Waals surface area (Å²) in [4.78, 5) is 16.0. The lowest BCUT2D eigenvalue weighted by molar-refractivity contribution is 0.0521. The van der Waals surface area contributed by atoms with Crippen LogP contribution < -0.4 is 9.47 Å². The SMILES string of the molecule is CCOC(=O)c1[nH]c2ccc(OCc3ccccc3)cc2c1-c1ccc(OCC(C)CC)cc1. The number of carbonyl (C=O) groups excluding carboxylic acids is 1. The molecule has 3 aromatic carbocycles. The molecular weight excluding hydrogens is 426 g/mol. The van der Waals surface area contributed by atoms with Crippen molar-refractivity contribution in [2.24, 2.45) is 5.92 Å². The normalized spacial score (nSPS) is 11.9. The fourth-order valence-corrected chi connectivity index (χ4v) is 3.73. The summed E-state index contributed by atoms with van der Waals surface area (Å²) < 4.78 is 17.3. The van der Waals surface area contributed by atoms with Crippen LogP contribution in [0.25, 0.3) is 22.0 Å². The van der Waals surface area contributed by atoms with Crippen LogP contribution in [0, 0.1) is 5.92 Å². The Morgan fingerprint density at radius 2 is 1.65 bits per heavy atom. The van der Waals surface area contributed by atoms with Gasteiger partial charge in [0.1, 0.15) is 23.8 Å². The Balaban J connectivity index is 1.67. The van der Waals surface area contributed by atoms with Crippen LogP contribution in [0.4, 0.5) is 0 Å². The lowest BCUT2D eigenvalue weighted by Gasteiger charge is -2.12. The highest BCUT2D eigenvalue weighted by atomic mass is 16.5. The molecule has 0 saturated heterocycles. The first-order chi connectivity index (χ1) is 16.6. The Hall–Kier alpha value is -3.73. The number of benzene rings is 3. The van der Waals surface area contributed by atoms with Crippen LogP contribution >= 0.6 is 0 Å². The van der Waals surface area contributed by atoms with Gasteiger partial charge in [0.2, 0.25) is 0 Å². The third-order valence-electron chi connectivity index (χ3n) is 5.87. The van der Waals surface area contributed by atoms with E-state index in [1.807, 2.05) is 72.8 Å². The number of carbonyl (C=O) groups is 1. The van der Waals surface area contributed by atoms with E-state index in [1.54, 1.807) is 6.92 Å². The van der Waals surface area contributed by atoms with E-state index in [4.69, 9.17) is 14.2 Å². The van der Waals surface area contributed by atoms with Gasteiger partial charge >= 0.3 is 5.97 Å². The molecule has 0 aliphatic rings. The summed E-state index contributed by atoms with van der Waals surface area (Å²) in [7, 11) is 0. The highest BCUT2D eigenvalue weighted by Crippen LogP contribution is 2.36. The van der Waals surface area contributed by atoms with Gasteiger partial charge in [-0.2, -0.15) is 0 Å². The zero-order valence-electron chi connectivity index (χ0n) is 20.0. The standard InChI is InChI=1S/C29H31NO4/c1-4-20(3)18-33-23-13-11-22(12-14-23)27-25-17-24(34-19-21-9-7-6-8-10-21)15-16-26(25)30-28(27)29(31)32-5-2/h6-17,20,30H,4-5,18-19H2,1-3H3. The Labute approximate surface area is 200 Å². The Kier molecular flexibility index (Phi) is 7.53. The second-order valence-electron chi connectivity index (χ2n) is 8.43. The number of rotatable bonds is 10. The van der Waals surface area contributed by atoms with Crippen molar-refractivity contribution >= 4 is 16.9 Å². The largest absolute Gasteiger partial charge is 0.493 e. The number of hydrogen-bond acceptors (Lipinski definition) is 4. The van der Waals surface area contributed by atoms with Gasteiger partial charge < -0.3 is 19.2 Å². The maximum Gasteiger partial charge on any atom is 0.355 e. The zero-order chi connectivity index (χ0) is 23.9. The average molecular weight is 458 g/mol. The van der Waals surface area contributed by atoms with E-state index in [-0.39, 0.29) is 5.97 Å². The van der Waals surface area contributed by atoms with Gasteiger partial charge in [-0.1, -0.05) is 62.7 Å². The molecule has 176 valence electrons. The molecule has 5 heteroatoms. The third kappa shape index (κ3) is 5.42. The van der Waals surface area contributed by atoms with E-state index in [1.165, 1.54) is 0 Å². The van der Waals surface area contributed by atoms with E-state index in [2.05, 4.69) is 18.8 Å². The maximum atomic E-state index is 12.8. The highest BCUT2D eigenvalue weighted by Gasteiger charge is 2.21. The highest BCUT2D eigenvalue weighted by molar-refractivity contribution is 6.08. The quantitative estimate of drug-likeness (QED) is 0.260. The monoisotopic (exact) mass is 457 g/mol. The van der Waals surface area contributed by atoms with Crippen molar-refractivity contribution in [3.05, 3.63) is 84.1 Å². The van der Waals surface area contributed by atoms with Crippen molar-refractivity contribution in [3.63, 3.8) is 0 Å². The summed E-state index contributed by atoms with van der Waals surface area (Å²) in [5, 5.41) is 0.905. The molecule has 1 unspecified atom stereocenters. The molecule has 0 fully saturated rings. The lowest BCUT2D eigenvalue weighted by Crippen LogP contribution is -2.07. The molecule has 0 saturated carbocycles. The molecule has 4 rings (SSSR count). The Morgan fingerprint density at radius 3 is 2.35 bits per heavy atom. The van der Waals surface area contributed by atoms with Crippen LogP contribution in [-0.4, -0.2) is 24.2 Å². The number of aromatic amines is 1. The summed E-state index contributed by atoms with van der Waals surface area (Å²) >= 11 is 0. The van der Waals surface area contributed by atoms with E-state index in [0.717, 1.165) is 45.5 Å². The molecule has 1 aromatic heterocycles. The van der Waals surface area contributed by atoms with Gasteiger partial charge in [0, 0.05) is 16.5 Å². The minimum atomic E-state index is -0.377. The molecule has 1 atom stereocenters. The fraction of sp³-hybridized carbons (Fsp3) is 0.276. The molecule has 1 heterocycles. The first-order valence-electron chi connectivity index (χ1n) is 11.8. The minimum absolute atomic E-state index is 0.307. The number of aromatic nitrogens is 1. The molecular formula is C29H31NO4. The average Bonchev–Trinajstić information content (AvgIpc) is 3.26. The van der Waals surface area contributed by atoms with Crippen LogP contribution in [0.1, 0.15) is 43.2 Å². The Bertz CT molecular complexity index is 1230. The maximum absolute atomic E-state index is 12.8. The fourth-order valence-electron chi connectivity index (χ4n) is 3.73. The van der Waals surface area contributed by atoms with Crippen molar-refractivity contribution in [1.29, 1.82) is 0 Å². The predicted octanol–water partition coefficient (Wildman–Crippen LogP) is 7.02. The van der Waals surface area contributed by atoms with Crippen molar-refractivity contribution in [3.8, 4) is 22.6 Å². The van der Waals surface area contributed by atoms with Crippen molar-refractivity contribution in [2.75, 3.05) is 13.2 Å². The van der Waals surface area contributed by atoms with Crippen molar-refractivity contribution in [1.82, 2.24) is 4.98 Å². The van der Waals surface area contributed by atoms with Crippen molar-refractivity contribution < 1.29 is 19.0 Å². The number of ether oxygens (including phenoxy) is 3. The van der Waals surface area contributed by atoms with Gasteiger partial charge in [0.05, 0.1) is 13.2 Å². The topological polar surface area (TPSA) is 60.6 Å². The van der Waals surface area contributed by atoms with Gasteiger partial charge in [0.25, 0.3) is 0 Å². The first kappa shape index (κ1) is 23.4. The first-order valence-corrected chi connectivity index (χ1v) is 11.8. The lowest BCUT2D eigenvalue weighted by atomic mass is 10.0. The molecule has 0 radical (unpaired) electrons. The van der Waals surface area contributed by atoms with E-state index >= 15 is 0 Å². The van der Waals surface area contributed by atoms with Gasteiger partial charge in [-0.3, -0.25) is 0 Å². The number of fused-ring (bicyclic) bond motifs is 1. The second kappa shape index (κ2) is 10.9. The second-order valence-corrected chi connectivity index (χ2v) is 8.43. The molecule has 0 spiro atoms.